The number of hydrogen-bond acceptors (Lipinski definition) is 2. The molecule has 1 aromatic carbocycles. The third-order valence-electron chi connectivity index (χ3n) is 5.21. The summed E-state index contributed by atoms with van der Waals surface area (Å²) in [6.07, 6.45) is 3.97. The lowest BCUT2D eigenvalue weighted by atomic mass is 9.53. The molecule has 3 aliphatic carbocycles. The van der Waals surface area contributed by atoms with Gasteiger partial charge in [-0.1, -0.05) is 18.2 Å². The van der Waals surface area contributed by atoms with Gasteiger partial charge in [0.25, 0.3) is 0 Å². The van der Waals surface area contributed by atoms with E-state index >= 15 is 0 Å². The molecule has 3 fully saturated rings. The van der Waals surface area contributed by atoms with Crippen molar-refractivity contribution in [2.75, 3.05) is 5.32 Å². The summed E-state index contributed by atoms with van der Waals surface area (Å²) in [5.41, 5.74) is -0.102. The van der Waals surface area contributed by atoms with Crippen molar-refractivity contribution in [3.8, 4) is 0 Å². The monoisotopic (exact) mass is 273 g/mol. The largest absolute Gasteiger partial charge is 0.481 e. The minimum atomic E-state index is -0.686. The first-order valence-corrected chi connectivity index (χ1v) is 7.16. The van der Waals surface area contributed by atoms with E-state index in [1.54, 1.807) is 0 Å². The van der Waals surface area contributed by atoms with Crippen LogP contribution in [0.5, 0.6) is 0 Å². The number of anilines is 1. The van der Waals surface area contributed by atoms with Gasteiger partial charge in [-0.3, -0.25) is 9.59 Å². The van der Waals surface area contributed by atoms with Gasteiger partial charge in [-0.2, -0.15) is 0 Å². The van der Waals surface area contributed by atoms with E-state index in [9.17, 15) is 14.7 Å². The Bertz CT molecular complexity index is 513. The van der Waals surface area contributed by atoms with Gasteiger partial charge >= 0.3 is 5.97 Å². The van der Waals surface area contributed by atoms with Crippen molar-refractivity contribution < 1.29 is 14.7 Å². The molecule has 20 heavy (non-hydrogen) atoms. The fourth-order valence-electron chi connectivity index (χ4n) is 3.63. The van der Waals surface area contributed by atoms with E-state index < -0.39 is 11.4 Å². The van der Waals surface area contributed by atoms with Crippen LogP contribution in [0.4, 0.5) is 5.69 Å². The van der Waals surface area contributed by atoms with Crippen molar-refractivity contribution in [1.82, 2.24) is 0 Å². The summed E-state index contributed by atoms with van der Waals surface area (Å²) in [5.74, 6) is -0.628. The zero-order valence-corrected chi connectivity index (χ0v) is 11.4. The Balaban J connectivity index is 1.73. The Kier molecular flexibility index (Phi) is 3.04. The molecule has 3 aliphatic rings. The molecule has 2 N–H and O–H groups in total. The third kappa shape index (κ3) is 1.99. The van der Waals surface area contributed by atoms with Crippen LogP contribution >= 0.6 is 0 Å². The van der Waals surface area contributed by atoms with E-state index in [1.807, 2.05) is 30.3 Å². The topological polar surface area (TPSA) is 66.4 Å². The van der Waals surface area contributed by atoms with Crippen molar-refractivity contribution in [1.29, 1.82) is 0 Å². The lowest BCUT2D eigenvalue weighted by molar-refractivity contribution is -0.162. The molecule has 0 saturated heterocycles. The maximum atomic E-state index is 12.6. The maximum Gasteiger partial charge on any atom is 0.309 e. The molecule has 1 amide bonds. The first-order valence-electron chi connectivity index (χ1n) is 7.16. The Hall–Kier alpha value is -1.84. The first kappa shape index (κ1) is 13.2. The smallest absolute Gasteiger partial charge is 0.309 e. The molecule has 0 aliphatic heterocycles. The molecule has 4 rings (SSSR count). The van der Waals surface area contributed by atoms with Gasteiger partial charge in [0.2, 0.25) is 5.91 Å². The molecule has 2 bridgehead atoms. The van der Waals surface area contributed by atoms with E-state index in [0.717, 1.165) is 5.69 Å². The van der Waals surface area contributed by atoms with Crippen LogP contribution in [-0.4, -0.2) is 17.0 Å². The highest BCUT2D eigenvalue weighted by Crippen LogP contribution is 2.57. The molecule has 0 radical (unpaired) electrons. The van der Waals surface area contributed by atoms with E-state index in [1.165, 1.54) is 0 Å². The number of aliphatic carboxylic acids is 1. The molecule has 4 nitrogen and oxygen atoms in total. The molecular weight excluding hydrogens is 254 g/mol. The number of carbonyl (C=O) groups excluding carboxylic acids is 1. The molecule has 0 atom stereocenters. The number of carbonyl (C=O) groups is 2. The normalized spacial score (nSPS) is 31.8. The van der Waals surface area contributed by atoms with E-state index in [0.29, 0.717) is 38.5 Å². The molecule has 1 aromatic rings. The van der Waals surface area contributed by atoms with Crippen LogP contribution in [0.15, 0.2) is 30.3 Å². The van der Waals surface area contributed by atoms with E-state index in [2.05, 4.69) is 5.32 Å². The summed E-state index contributed by atoms with van der Waals surface area (Å²) in [6, 6.07) is 9.45. The van der Waals surface area contributed by atoms with Crippen molar-refractivity contribution >= 4 is 17.6 Å². The third-order valence-corrected chi connectivity index (χ3v) is 5.21. The number of carboxylic acid groups (broad SMARTS) is 1. The van der Waals surface area contributed by atoms with Crippen LogP contribution in [0.25, 0.3) is 0 Å². The van der Waals surface area contributed by atoms with Gasteiger partial charge in [-0.15, -0.1) is 0 Å². The van der Waals surface area contributed by atoms with Crippen molar-refractivity contribution in [2.24, 2.45) is 10.8 Å². The summed E-state index contributed by atoms with van der Waals surface area (Å²) in [7, 11) is 0. The van der Waals surface area contributed by atoms with Gasteiger partial charge in [0.05, 0.1) is 5.41 Å². The Morgan fingerprint density at radius 3 is 1.90 bits per heavy atom. The number of nitrogens with one attached hydrogen (secondary N) is 1. The molecule has 3 saturated carbocycles. The van der Waals surface area contributed by atoms with Crippen LogP contribution in [0.3, 0.4) is 0 Å². The van der Waals surface area contributed by atoms with Gasteiger partial charge < -0.3 is 10.4 Å². The number of amides is 1. The summed E-state index contributed by atoms with van der Waals surface area (Å²) in [5, 5.41) is 12.4. The number of carboxylic acids is 1. The SMILES string of the molecule is O=C(O)C12CCC(C(=O)Nc3ccccc3)(CC1)CC2. The molecule has 0 unspecified atom stereocenters. The van der Waals surface area contributed by atoms with Crippen molar-refractivity contribution in [3.05, 3.63) is 30.3 Å². The van der Waals surface area contributed by atoms with Crippen LogP contribution in [0.1, 0.15) is 38.5 Å². The molecule has 0 spiro atoms. The molecule has 0 aromatic heterocycles. The minimum Gasteiger partial charge on any atom is -0.481 e. The van der Waals surface area contributed by atoms with Crippen LogP contribution in [0.2, 0.25) is 0 Å². The Morgan fingerprint density at radius 2 is 1.40 bits per heavy atom. The summed E-state index contributed by atoms with van der Waals surface area (Å²) in [6.45, 7) is 0. The number of rotatable bonds is 3. The lowest BCUT2D eigenvalue weighted by Crippen LogP contribution is -2.50. The predicted octanol–water partition coefficient (Wildman–Crippen LogP) is 3.05. The fourth-order valence-corrected chi connectivity index (χ4v) is 3.63. The standard InChI is InChI=1S/C16H19NO3/c18-13(17-12-4-2-1-3-5-12)15-6-9-16(10-7-15,11-8-15)14(19)20/h1-5H,6-11H2,(H,17,18)(H,19,20). The first-order chi connectivity index (χ1) is 9.56. The number of benzene rings is 1. The molecule has 0 heterocycles. The average molecular weight is 273 g/mol. The summed E-state index contributed by atoms with van der Waals surface area (Å²) < 4.78 is 0. The highest BCUT2D eigenvalue weighted by atomic mass is 16.4. The summed E-state index contributed by atoms with van der Waals surface area (Å²) >= 11 is 0. The van der Waals surface area contributed by atoms with E-state index in [4.69, 9.17) is 0 Å². The zero-order valence-electron chi connectivity index (χ0n) is 11.4. The minimum absolute atomic E-state index is 0.0578. The second-order valence-corrected chi connectivity index (χ2v) is 6.19. The number of para-hydroxylation sites is 1. The van der Waals surface area contributed by atoms with Crippen LogP contribution < -0.4 is 5.32 Å². The molecule has 4 heteroatoms. The van der Waals surface area contributed by atoms with Crippen molar-refractivity contribution in [3.63, 3.8) is 0 Å². The highest BCUT2D eigenvalue weighted by Gasteiger charge is 2.55. The molecular formula is C16H19NO3. The van der Waals surface area contributed by atoms with E-state index in [-0.39, 0.29) is 11.3 Å². The maximum absolute atomic E-state index is 12.6. The second kappa shape index (κ2) is 4.62. The predicted molar refractivity (Wildman–Crippen MR) is 75.3 cm³/mol. The zero-order chi connectivity index (χ0) is 14.2. The molecule has 106 valence electrons. The van der Waals surface area contributed by atoms with Gasteiger partial charge in [-0.05, 0) is 50.7 Å². The number of hydrogen-bond donors (Lipinski definition) is 2. The van der Waals surface area contributed by atoms with Crippen LogP contribution in [0, 0.1) is 10.8 Å². The lowest BCUT2D eigenvalue weighted by Gasteiger charge is -2.50. The highest BCUT2D eigenvalue weighted by molar-refractivity contribution is 5.96. The number of fused-ring (bicyclic) bond motifs is 3. The quantitative estimate of drug-likeness (QED) is 0.889. The van der Waals surface area contributed by atoms with Gasteiger partial charge in [0.1, 0.15) is 0 Å². The van der Waals surface area contributed by atoms with Crippen molar-refractivity contribution in [2.45, 2.75) is 38.5 Å². The Labute approximate surface area is 118 Å². The average Bonchev–Trinajstić information content (AvgIpc) is 2.50. The van der Waals surface area contributed by atoms with Crippen LogP contribution in [-0.2, 0) is 9.59 Å². The summed E-state index contributed by atoms with van der Waals surface area (Å²) in [4.78, 5) is 24.0. The second-order valence-electron chi connectivity index (χ2n) is 6.19. The fraction of sp³-hybridized carbons (Fsp3) is 0.500. The van der Waals surface area contributed by atoms with Gasteiger partial charge in [0.15, 0.2) is 0 Å². The van der Waals surface area contributed by atoms with Gasteiger partial charge in [-0.25, -0.2) is 0 Å². The van der Waals surface area contributed by atoms with Gasteiger partial charge in [0, 0.05) is 11.1 Å². The Morgan fingerprint density at radius 1 is 0.900 bits per heavy atom.